The van der Waals surface area contributed by atoms with Crippen LogP contribution in [-0.2, 0) is 14.8 Å². The first-order valence-corrected chi connectivity index (χ1v) is 9.51. The average Bonchev–Trinajstić information content (AvgIpc) is 3.12. The summed E-state index contributed by atoms with van der Waals surface area (Å²) in [4.78, 5) is 0.00838. The zero-order chi connectivity index (χ0) is 19.4. The van der Waals surface area contributed by atoms with Crippen LogP contribution in [0.15, 0.2) is 65.7 Å². The van der Waals surface area contributed by atoms with E-state index in [0.717, 1.165) is 10.0 Å². The lowest BCUT2D eigenvalue weighted by Gasteiger charge is -2.13. The maximum atomic E-state index is 14.2. The van der Waals surface area contributed by atoms with Crippen LogP contribution in [0.4, 0.5) is 4.39 Å². The lowest BCUT2D eigenvalue weighted by Crippen LogP contribution is -2.14. The Balaban J connectivity index is 2.00. The molecular weight excluding hydrogens is 373 g/mol. The monoisotopic (exact) mass is 391 g/mol. The molecule has 0 fully saturated rings. The molecule has 3 rings (SSSR count). The first-order chi connectivity index (χ1) is 12.9. The van der Waals surface area contributed by atoms with Gasteiger partial charge in [-0.2, -0.15) is 0 Å². The van der Waals surface area contributed by atoms with Gasteiger partial charge < -0.3 is 14.6 Å². The molecule has 1 heterocycles. The Morgan fingerprint density at radius 1 is 1.07 bits per heavy atom. The molecule has 0 bridgehead atoms. The quantitative estimate of drug-likeness (QED) is 0.626. The number of benzene rings is 2. The predicted octanol–water partition coefficient (Wildman–Crippen LogP) is 3.26. The smallest absolute Gasteiger partial charge is 0.268 e. The Bertz CT molecular complexity index is 1050. The van der Waals surface area contributed by atoms with Gasteiger partial charge in [-0.1, -0.05) is 6.07 Å². The van der Waals surface area contributed by atoms with Gasteiger partial charge in [0.1, 0.15) is 23.9 Å². The molecule has 0 aliphatic carbocycles. The molecule has 8 heteroatoms. The Kier molecular flexibility index (Phi) is 5.48. The number of phenols is 1. The van der Waals surface area contributed by atoms with E-state index in [1.807, 2.05) is 0 Å². The average molecular weight is 391 g/mol. The fourth-order valence-electron chi connectivity index (χ4n) is 2.58. The SMILES string of the molecule is COCCOc1cccc(S(=O)(=O)n2cccc2-c2ccc(O)cc2F)c1. The summed E-state index contributed by atoms with van der Waals surface area (Å²) in [6.07, 6.45) is 1.34. The molecule has 0 amide bonds. The molecule has 0 aliphatic heterocycles. The van der Waals surface area contributed by atoms with E-state index in [-0.39, 0.29) is 28.5 Å². The van der Waals surface area contributed by atoms with Gasteiger partial charge in [0.05, 0.1) is 17.2 Å². The number of aromatic hydroxyl groups is 1. The molecule has 0 atom stereocenters. The minimum absolute atomic E-state index is 0.00838. The number of hydrogen-bond donors (Lipinski definition) is 1. The zero-order valence-electron chi connectivity index (χ0n) is 14.5. The second kappa shape index (κ2) is 7.81. The normalized spacial score (nSPS) is 11.5. The van der Waals surface area contributed by atoms with E-state index >= 15 is 0 Å². The predicted molar refractivity (Wildman–Crippen MR) is 97.9 cm³/mol. The van der Waals surface area contributed by atoms with Gasteiger partial charge in [-0.15, -0.1) is 0 Å². The first-order valence-electron chi connectivity index (χ1n) is 8.07. The van der Waals surface area contributed by atoms with Crippen LogP contribution in [0.25, 0.3) is 11.3 Å². The maximum absolute atomic E-state index is 14.2. The van der Waals surface area contributed by atoms with Crippen molar-refractivity contribution >= 4 is 10.0 Å². The van der Waals surface area contributed by atoms with Gasteiger partial charge in [-0.3, -0.25) is 0 Å². The van der Waals surface area contributed by atoms with Crippen molar-refractivity contribution in [3.05, 3.63) is 66.6 Å². The number of phenolic OH excluding ortho intramolecular Hbond substituents is 1. The van der Waals surface area contributed by atoms with E-state index in [1.54, 1.807) is 19.2 Å². The molecule has 2 aromatic carbocycles. The van der Waals surface area contributed by atoms with Crippen molar-refractivity contribution in [3.63, 3.8) is 0 Å². The van der Waals surface area contributed by atoms with Crippen molar-refractivity contribution in [1.82, 2.24) is 3.97 Å². The topological polar surface area (TPSA) is 77.8 Å². The highest BCUT2D eigenvalue weighted by atomic mass is 32.2. The highest BCUT2D eigenvalue weighted by Gasteiger charge is 2.22. The van der Waals surface area contributed by atoms with Gasteiger partial charge in [0.25, 0.3) is 10.0 Å². The number of ether oxygens (including phenoxy) is 2. The molecule has 1 N–H and O–H groups in total. The Morgan fingerprint density at radius 2 is 1.89 bits per heavy atom. The lowest BCUT2D eigenvalue weighted by atomic mass is 10.1. The summed E-state index contributed by atoms with van der Waals surface area (Å²) in [7, 11) is -2.44. The molecule has 0 saturated carbocycles. The summed E-state index contributed by atoms with van der Waals surface area (Å²) in [5, 5.41) is 9.37. The van der Waals surface area contributed by atoms with Crippen LogP contribution < -0.4 is 4.74 Å². The van der Waals surface area contributed by atoms with E-state index in [4.69, 9.17) is 9.47 Å². The lowest BCUT2D eigenvalue weighted by molar-refractivity contribution is 0.146. The van der Waals surface area contributed by atoms with Crippen LogP contribution in [0.5, 0.6) is 11.5 Å². The molecule has 0 radical (unpaired) electrons. The largest absolute Gasteiger partial charge is 0.508 e. The summed E-state index contributed by atoms with van der Waals surface area (Å²) in [5.74, 6) is -0.572. The van der Waals surface area contributed by atoms with E-state index < -0.39 is 15.8 Å². The number of methoxy groups -OCH3 is 1. The summed E-state index contributed by atoms with van der Waals surface area (Å²) in [6, 6.07) is 12.6. The Labute approximate surface area is 156 Å². The minimum Gasteiger partial charge on any atom is -0.508 e. The van der Waals surface area contributed by atoms with Crippen LogP contribution in [0.1, 0.15) is 0 Å². The van der Waals surface area contributed by atoms with E-state index in [9.17, 15) is 17.9 Å². The zero-order valence-corrected chi connectivity index (χ0v) is 15.3. The van der Waals surface area contributed by atoms with Crippen LogP contribution in [0.2, 0.25) is 0 Å². The Morgan fingerprint density at radius 3 is 2.63 bits per heavy atom. The molecular formula is C19H18FNO5S. The fourth-order valence-corrected chi connectivity index (χ4v) is 3.97. The van der Waals surface area contributed by atoms with Crippen LogP contribution in [0, 0.1) is 5.82 Å². The molecule has 0 saturated heterocycles. The molecule has 0 spiro atoms. The van der Waals surface area contributed by atoms with Gasteiger partial charge in [-0.25, -0.2) is 16.8 Å². The highest BCUT2D eigenvalue weighted by molar-refractivity contribution is 7.90. The van der Waals surface area contributed by atoms with Crippen molar-refractivity contribution in [1.29, 1.82) is 0 Å². The standard InChI is InChI=1S/C19H18FNO5S/c1-25-10-11-26-15-4-2-5-16(13-15)27(23,24)21-9-3-6-19(21)17-8-7-14(22)12-18(17)20/h2-9,12-13,22H,10-11H2,1H3. The molecule has 6 nitrogen and oxygen atoms in total. The number of hydrogen-bond acceptors (Lipinski definition) is 5. The number of halogens is 1. The minimum atomic E-state index is -3.98. The van der Waals surface area contributed by atoms with Crippen LogP contribution >= 0.6 is 0 Å². The molecule has 0 unspecified atom stereocenters. The molecule has 142 valence electrons. The van der Waals surface area contributed by atoms with E-state index in [1.165, 1.54) is 42.6 Å². The number of rotatable bonds is 7. The summed E-state index contributed by atoms with van der Waals surface area (Å²) >= 11 is 0. The third-order valence-corrected chi connectivity index (χ3v) is 5.55. The van der Waals surface area contributed by atoms with E-state index in [0.29, 0.717) is 12.4 Å². The van der Waals surface area contributed by atoms with Gasteiger partial charge >= 0.3 is 0 Å². The Hall–Kier alpha value is -2.84. The van der Waals surface area contributed by atoms with Crippen molar-refractivity contribution < 1.29 is 27.4 Å². The van der Waals surface area contributed by atoms with Crippen molar-refractivity contribution in [2.75, 3.05) is 20.3 Å². The second-order valence-corrected chi connectivity index (χ2v) is 7.49. The molecule has 27 heavy (non-hydrogen) atoms. The number of nitrogens with zero attached hydrogens (tertiary/aromatic N) is 1. The van der Waals surface area contributed by atoms with Gasteiger partial charge in [0.15, 0.2) is 0 Å². The molecule has 3 aromatic rings. The summed E-state index contributed by atoms with van der Waals surface area (Å²) < 4.78 is 51.7. The fraction of sp³-hybridized carbons (Fsp3) is 0.158. The second-order valence-electron chi connectivity index (χ2n) is 5.67. The van der Waals surface area contributed by atoms with Crippen molar-refractivity contribution in [3.8, 4) is 22.8 Å². The summed E-state index contributed by atoms with van der Waals surface area (Å²) in [5.41, 5.74) is 0.215. The van der Waals surface area contributed by atoms with Gasteiger partial charge in [0, 0.05) is 31.0 Å². The highest BCUT2D eigenvalue weighted by Crippen LogP contribution is 2.29. The van der Waals surface area contributed by atoms with Crippen LogP contribution in [0.3, 0.4) is 0 Å². The van der Waals surface area contributed by atoms with E-state index in [2.05, 4.69) is 0 Å². The van der Waals surface area contributed by atoms with Crippen molar-refractivity contribution in [2.45, 2.75) is 4.90 Å². The summed E-state index contributed by atoms with van der Waals surface area (Å²) in [6.45, 7) is 0.659. The maximum Gasteiger partial charge on any atom is 0.268 e. The molecule has 1 aromatic heterocycles. The number of aromatic nitrogens is 1. The van der Waals surface area contributed by atoms with Gasteiger partial charge in [-0.05, 0) is 36.4 Å². The van der Waals surface area contributed by atoms with Crippen molar-refractivity contribution in [2.24, 2.45) is 0 Å². The van der Waals surface area contributed by atoms with Gasteiger partial charge in [0.2, 0.25) is 0 Å². The van der Waals surface area contributed by atoms with Crippen LogP contribution in [-0.4, -0.2) is 37.8 Å². The first kappa shape index (κ1) is 18.9. The molecule has 0 aliphatic rings. The third-order valence-electron chi connectivity index (χ3n) is 3.86. The third kappa shape index (κ3) is 3.96.